The number of imidazole rings is 1. The van der Waals surface area contributed by atoms with Gasteiger partial charge in [-0.25, -0.2) is 4.98 Å². The molecule has 4 nitrogen and oxygen atoms in total. The van der Waals surface area contributed by atoms with E-state index < -0.39 is 0 Å². The van der Waals surface area contributed by atoms with Crippen LogP contribution in [-0.4, -0.2) is 22.0 Å². The van der Waals surface area contributed by atoms with E-state index in [2.05, 4.69) is 76.6 Å². The number of amides is 1. The van der Waals surface area contributed by atoms with Crippen molar-refractivity contribution in [1.82, 2.24) is 14.9 Å². The molecule has 0 aliphatic heterocycles. The molecule has 0 aliphatic rings. The molecular formula is C31H31N3O. The Morgan fingerprint density at radius 3 is 2.54 bits per heavy atom. The Kier molecular flexibility index (Phi) is 6.89. The Bertz CT molecular complexity index is 1470. The minimum Gasteiger partial charge on any atom is -0.352 e. The van der Waals surface area contributed by atoms with Gasteiger partial charge < -0.3 is 9.88 Å². The van der Waals surface area contributed by atoms with Gasteiger partial charge in [-0.1, -0.05) is 72.6 Å². The monoisotopic (exact) mass is 461 g/mol. The van der Waals surface area contributed by atoms with Crippen LogP contribution in [-0.2, 0) is 13.0 Å². The predicted molar refractivity (Wildman–Crippen MR) is 144 cm³/mol. The van der Waals surface area contributed by atoms with Gasteiger partial charge in [-0.3, -0.25) is 4.79 Å². The molecule has 0 unspecified atom stereocenters. The number of fused-ring (bicyclic) bond motifs is 2. The van der Waals surface area contributed by atoms with E-state index in [1.165, 1.54) is 21.9 Å². The first-order valence-electron chi connectivity index (χ1n) is 12.4. The summed E-state index contributed by atoms with van der Waals surface area (Å²) < 4.78 is 2.36. The topological polar surface area (TPSA) is 46.9 Å². The third-order valence-corrected chi connectivity index (χ3v) is 6.53. The second-order valence-electron chi connectivity index (χ2n) is 9.22. The molecular weight excluding hydrogens is 430 g/mol. The molecule has 0 radical (unpaired) electrons. The van der Waals surface area contributed by atoms with Crippen molar-refractivity contribution in [2.45, 2.75) is 39.2 Å². The third kappa shape index (κ3) is 5.43. The molecule has 4 heteroatoms. The van der Waals surface area contributed by atoms with Gasteiger partial charge in [-0.05, 0) is 66.4 Å². The smallest absolute Gasteiger partial charge is 0.251 e. The van der Waals surface area contributed by atoms with Crippen molar-refractivity contribution in [3.05, 3.63) is 114 Å². The van der Waals surface area contributed by atoms with Crippen LogP contribution in [0.5, 0.6) is 0 Å². The summed E-state index contributed by atoms with van der Waals surface area (Å²) in [7, 11) is 0. The van der Waals surface area contributed by atoms with Crippen molar-refractivity contribution in [2.75, 3.05) is 6.54 Å². The lowest BCUT2D eigenvalue weighted by molar-refractivity contribution is 0.0953. The number of benzene rings is 4. The summed E-state index contributed by atoms with van der Waals surface area (Å²) >= 11 is 0. The Hall–Kier alpha value is -3.92. The van der Waals surface area contributed by atoms with E-state index in [1.807, 2.05) is 31.2 Å². The van der Waals surface area contributed by atoms with Crippen molar-refractivity contribution < 1.29 is 4.79 Å². The Morgan fingerprint density at radius 1 is 0.829 bits per heavy atom. The van der Waals surface area contributed by atoms with Gasteiger partial charge in [0.15, 0.2) is 0 Å². The molecule has 0 aliphatic carbocycles. The fourth-order valence-electron chi connectivity index (χ4n) is 4.69. The third-order valence-electron chi connectivity index (χ3n) is 6.53. The fourth-order valence-corrected chi connectivity index (χ4v) is 4.69. The normalized spacial score (nSPS) is 11.2. The lowest BCUT2D eigenvalue weighted by Gasteiger charge is -2.11. The van der Waals surface area contributed by atoms with Gasteiger partial charge in [0.1, 0.15) is 5.82 Å². The first kappa shape index (κ1) is 22.9. The molecule has 0 saturated carbocycles. The summed E-state index contributed by atoms with van der Waals surface area (Å²) in [5.41, 5.74) is 5.35. The zero-order valence-corrected chi connectivity index (χ0v) is 20.2. The van der Waals surface area contributed by atoms with Crippen LogP contribution in [0.15, 0.2) is 91.0 Å². The van der Waals surface area contributed by atoms with Crippen LogP contribution in [0.2, 0.25) is 0 Å². The molecule has 0 spiro atoms. The maximum absolute atomic E-state index is 12.3. The maximum atomic E-state index is 12.3. The molecule has 0 atom stereocenters. The summed E-state index contributed by atoms with van der Waals surface area (Å²) in [5, 5.41) is 5.58. The van der Waals surface area contributed by atoms with Gasteiger partial charge in [0.05, 0.1) is 11.0 Å². The number of nitrogens with one attached hydrogen (secondary N) is 1. The van der Waals surface area contributed by atoms with Gasteiger partial charge in [0.25, 0.3) is 5.91 Å². The highest BCUT2D eigenvalue weighted by atomic mass is 16.1. The number of nitrogens with zero attached hydrogens (tertiary/aromatic N) is 2. The van der Waals surface area contributed by atoms with Crippen molar-refractivity contribution >= 4 is 27.7 Å². The number of para-hydroxylation sites is 2. The van der Waals surface area contributed by atoms with Crippen molar-refractivity contribution in [3.63, 3.8) is 0 Å². The Morgan fingerprint density at radius 2 is 1.66 bits per heavy atom. The van der Waals surface area contributed by atoms with E-state index in [1.54, 1.807) is 0 Å². The van der Waals surface area contributed by atoms with Gasteiger partial charge >= 0.3 is 0 Å². The largest absolute Gasteiger partial charge is 0.352 e. The van der Waals surface area contributed by atoms with E-state index in [4.69, 9.17) is 4.98 Å². The van der Waals surface area contributed by atoms with Crippen LogP contribution in [0.1, 0.15) is 46.6 Å². The van der Waals surface area contributed by atoms with Crippen LogP contribution in [0.3, 0.4) is 0 Å². The van der Waals surface area contributed by atoms with E-state index in [9.17, 15) is 4.79 Å². The molecule has 0 bridgehead atoms. The minimum atomic E-state index is 0.00544. The molecule has 4 aromatic carbocycles. The Balaban J connectivity index is 1.21. The number of aromatic nitrogens is 2. The van der Waals surface area contributed by atoms with Crippen molar-refractivity contribution in [2.24, 2.45) is 0 Å². The van der Waals surface area contributed by atoms with Gasteiger partial charge in [0, 0.05) is 25.1 Å². The molecule has 0 fully saturated rings. The minimum absolute atomic E-state index is 0.00544. The number of carbonyl (C=O) groups is 1. The van der Waals surface area contributed by atoms with E-state index >= 15 is 0 Å². The van der Waals surface area contributed by atoms with Crippen LogP contribution >= 0.6 is 0 Å². The number of hydrogen-bond acceptors (Lipinski definition) is 2. The zero-order valence-electron chi connectivity index (χ0n) is 20.2. The van der Waals surface area contributed by atoms with Gasteiger partial charge in [-0.15, -0.1) is 0 Å². The predicted octanol–water partition coefficient (Wildman–Crippen LogP) is 6.69. The molecule has 5 aromatic rings. The van der Waals surface area contributed by atoms with Crippen LogP contribution in [0, 0.1) is 6.92 Å². The molecule has 1 heterocycles. The second-order valence-corrected chi connectivity index (χ2v) is 9.22. The standard InChI is InChI=1S/C31H31N3O/c1-23-10-9-13-27(20-23)31(35)32-19-8-2-3-16-30-33-28-14-6-7-15-29(28)34(30)22-24-17-18-25-11-4-5-12-26(25)21-24/h4-7,9-15,17-18,20-21H,2-3,8,16,19,22H2,1H3,(H,32,35). The average Bonchev–Trinajstić information content (AvgIpc) is 3.23. The average molecular weight is 462 g/mol. The number of aryl methyl sites for hydroxylation is 2. The number of hydrogen-bond donors (Lipinski definition) is 1. The number of unbranched alkanes of at least 4 members (excludes halogenated alkanes) is 2. The first-order valence-corrected chi connectivity index (χ1v) is 12.4. The summed E-state index contributed by atoms with van der Waals surface area (Å²) in [6.45, 7) is 3.51. The highest BCUT2D eigenvalue weighted by Crippen LogP contribution is 2.22. The summed E-state index contributed by atoms with van der Waals surface area (Å²) in [6, 6.07) is 31.3. The highest BCUT2D eigenvalue weighted by Gasteiger charge is 2.11. The van der Waals surface area contributed by atoms with Crippen LogP contribution < -0.4 is 5.32 Å². The first-order chi connectivity index (χ1) is 17.2. The fraction of sp³-hybridized carbons (Fsp3) is 0.226. The second kappa shape index (κ2) is 10.6. The van der Waals surface area contributed by atoms with Crippen LogP contribution in [0.25, 0.3) is 21.8 Å². The summed E-state index contributed by atoms with van der Waals surface area (Å²) in [6.07, 6.45) is 3.98. The lowest BCUT2D eigenvalue weighted by atomic mass is 10.1. The Labute approximate surface area is 206 Å². The number of rotatable bonds is 9. The van der Waals surface area contributed by atoms with E-state index in [0.29, 0.717) is 6.54 Å². The quantitative estimate of drug-likeness (QED) is 0.249. The lowest BCUT2D eigenvalue weighted by Crippen LogP contribution is -2.24. The SMILES string of the molecule is Cc1cccc(C(=O)NCCCCCc2nc3ccccc3n2Cc2ccc3ccccc3c2)c1. The van der Waals surface area contributed by atoms with Crippen LogP contribution in [0.4, 0.5) is 0 Å². The maximum Gasteiger partial charge on any atom is 0.251 e. The zero-order chi connectivity index (χ0) is 24.0. The number of carbonyl (C=O) groups excluding carboxylic acids is 1. The van der Waals surface area contributed by atoms with E-state index in [0.717, 1.165) is 54.7 Å². The van der Waals surface area contributed by atoms with Gasteiger partial charge in [0.2, 0.25) is 0 Å². The van der Waals surface area contributed by atoms with Crippen molar-refractivity contribution in [3.8, 4) is 0 Å². The molecule has 1 aromatic heterocycles. The van der Waals surface area contributed by atoms with E-state index in [-0.39, 0.29) is 5.91 Å². The molecule has 1 N–H and O–H groups in total. The van der Waals surface area contributed by atoms with Gasteiger partial charge in [-0.2, -0.15) is 0 Å². The molecule has 0 saturated heterocycles. The highest BCUT2D eigenvalue weighted by molar-refractivity contribution is 5.94. The molecule has 35 heavy (non-hydrogen) atoms. The molecule has 5 rings (SSSR count). The summed E-state index contributed by atoms with van der Waals surface area (Å²) in [4.78, 5) is 17.3. The van der Waals surface area contributed by atoms with Crippen molar-refractivity contribution in [1.29, 1.82) is 0 Å². The molecule has 176 valence electrons. The molecule has 1 amide bonds. The summed E-state index contributed by atoms with van der Waals surface area (Å²) in [5.74, 6) is 1.13.